The Morgan fingerprint density at radius 2 is 1.55 bits per heavy atom. The molecule has 8 heteroatoms. The fourth-order valence-corrected chi connectivity index (χ4v) is 4.09. The molecule has 4 rings (SSSR count). The van der Waals surface area contributed by atoms with Crippen molar-refractivity contribution in [3.05, 3.63) is 103 Å². The third kappa shape index (κ3) is 7.38. The predicted octanol–water partition coefficient (Wildman–Crippen LogP) is 6.06. The van der Waals surface area contributed by atoms with Crippen LogP contribution < -0.4 is 14.2 Å². The van der Waals surface area contributed by atoms with Crippen molar-refractivity contribution in [1.82, 2.24) is 0 Å². The average molecular weight is 543 g/mol. The zero-order chi connectivity index (χ0) is 28.5. The Balaban J connectivity index is 1.31. The summed E-state index contributed by atoms with van der Waals surface area (Å²) in [6, 6.07) is 21.1. The van der Waals surface area contributed by atoms with E-state index in [0.29, 0.717) is 34.8 Å². The van der Waals surface area contributed by atoms with Crippen LogP contribution >= 0.6 is 0 Å². The van der Waals surface area contributed by atoms with Crippen molar-refractivity contribution in [2.75, 3.05) is 6.79 Å². The van der Waals surface area contributed by atoms with Gasteiger partial charge in [-0.1, -0.05) is 50.8 Å². The smallest absolute Gasteiger partial charge is 0.343 e. The lowest BCUT2D eigenvalue weighted by atomic mass is 10.0. The van der Waals surface area contributed by atoms with E-state index >= 15 is 0 Å². The van der Waals surface area contributed by atoms with E-state index in [4.69, 9.17) is 23.7 Å². The molecule has 2 unspecified atom stereocenters. The summed E-state index contributed by atoms with van der Waals surface area (Å²) in [5.41, 5.74) is 2.68. The first-order valence-corrected chi connectivity index (χ1v) is 12.9. The highest BCUT2D eigenvalue weighted by Crippen LogP contribution is 2.28. The van der Waals surface area contributed by atoms with Gasteiger partial charge in [-0.05, 0) is 66.1 Å². The van der Waals surface area contributed by atoms with Gasteiger partial charge >= 0.3 is 17.9 Å². The lowest BCUT2D eigenvalue weighted by Crippen LogP contribution is -2.31. The number of carbonyl (C=O) groups is 3. The predicted molar refractivity (Wildman–Crippen MR) is 148 cm³/mol. The van der Waals surface area contributed by atoms with Crippen LogP contribution in [0.4, 0.5) is 0 Å². The van der Waals surface area contributed by atoms with E-state index in [1.165, 1.54) is 0 Å². The zero-order valence-corrected chi connectivity index (χ0v) is 22.2. The van der Waals surface area contributed by atoms with Gasteiger partial charge in [0.25, 0.3) is 0 Å². The SMILES string of the molecule is C=CC(=O)OCOc1ccc(-c2ccc(OC(=O)c3ccc(OC(CCC)C4CC(=C)C(=O)O4)cc3)cc2)cc1. The van der Waals surface area contributed by atoms with Crippen LogP contribution in [-0.4, -0.2) is 36.9 Å². The van der Waals surface area contributed by atoms with E-state index in [2.05, 4.69) is 13.2 Å². The van der Waals surface area contributed by atoms with Crippen LogP contribution in [0.25, 0.3) is 11.1 Å². The summed E-state index contributed by atoms with van der Waals surface area (Å²) in [5, 5.41) is 0. The van der Waals surface area contributed by atoms with Crippen LogP contribution in [0.2, 0.25) is 0 Å². The van der Waals surface area contributed by atoms with E-state index in [-0.39, 0.29) is 25.0 Å². The Morgan fingerprint density at radius 3 is 2.10 bits per heavy atom. The van der Waals surface area contributed by atoms with Crippen molar-refractivity contribution < 1.29 is 38.1 Å². The molecule has 2 atom stereocenters. The van der Waals surface area contributed by atoms with E-state index < -0.39 is 11.9 Å². The Morgan fingerprint density at radius 1 is 0.950 bits per heavy atom. The van der Waals surface area contributed by atoms with Crippen LogP contribution in [0, 0.1) is 0 Å². The van der Waals surface area contributed by atoms with Gasteiger partial charge in [0.05, 0.1) is 5.56 Å². The Bertz CT molecular complexity index is 1340. The number of hydrogen-bond acceptors (Lipinski definition) is 8. The molecule has 0 N–H and O–H groups in total. The first kappa shape index (κ1) is 28.2. The number of ether oxygens (including phenoxy) is 5. The van der Waals surface area contributed by atoms with Crippen LogP contribution in [0.15, 0.2) is 97.6 Å². The minimum Gasteiger partial charge on any atom is -0.487 e. The summed E-state index contributed by atoms with van der Waals surface area (Å²) >= 11 is 0. The van der Waals surface area contributed by atoms with E-state index in [1.807, 2.05) is 31.2 Å². The summed E-state index contributed by atoms with van der Waals surface area (Å²) in [5.74, 6) is 0.0989. The molecule has 206 valence electrons. The monoisotopic (exact) mass is 542 g/mol. The molecular weight excluding hydrogens is 512 g/mol. The molecule has 3 aromatic rings. The van der Waals surface area contributed by atoms with Crippen LogP contribution in [-0.2, 0) is 19.1 Å². The number of carbonyl (C=O) groups excluding carboxylic acids is 3. The topological polar surface area (TPSA) is 97.4 Å². The van der Waals surface area contributed by atoms with Gasteiger partial charge in [-0.25, -0.2) is 14.4 Å². The zero-order valence-electron chi connectivity index (χ0n) is 22.2. The van der Waals surface area contributed by atoms with Gasteiger partial charge in [0.1, 0.15) is 29.5 Å². The molecule has 0 spiro atoms. The standard InChI is InChI=1S/C32H30O8/c1-4-6-28(29-19-21(3)31(34)40-29)38-26-17-11-24(12-18-26)32(35)39-27-15-9-23(10-16-27)22-7-13-25(14-8-22)36-20-37-30(33)5-2/h5,7-18,28-29H,2-4,6,19-20H2,1H3. The van der Waals surface area contributed by atoms with Gasteiger partial charge in [0, 0.05) is 18.1 Å². The molecule has 0 bridgehead atoms. The summed E-state index contributed by atoms with van der Waals surface area (Å²) in [7, 11) is 0. The van der Waals surface area contributed by atoms with Crippen molar-refractivity contribution in [3.8, 4) is 28.4 Å². The van der Waals surface area contributed by atoms with Gasteiger partial charge in [-0.15, -0.1) is 0 Å². The minimum atomic E-state index is -0.555. The van der Waals surface area contributed by atoms with Crippen molar-refractivity contribution in [1.29, 1.82) is 0 Å². The molecule has 1 saturated heterocycles. The molecule has 1 aliphatic heterocycles. The Kier molecular flexibility index (Phi) is 9.35. The molecule has 0 saturated carbocycles. The highest BCUT2D eigenvalue weighted by Gasteiger charge is 2.34. The molecule has 0 radical (unpaired) electrons. The van der Waals surface area contributed by atoms with E-state index in [9.17, 15) is 14.4 Å². The largest absolute Gasteiger partial charge is 0.487 e. The fraction of sp³-hybridized carbons (Fsp3) is 0.219. The van der Waals surface area contributed by atoms with Crippen LogP contribution in [0.3, 0.4) is 0 Å². The van der Waals surface area contributed by atoms with E-state index in [1.54, 1.807) is 48.5 Å². The molecule has 0 amide bonds. The lowest BCUT2D eigenvalue weighted by molar-refractivity contribution is -0.144. The quantitative estimate of drug-likeness (QED) is 0.118. The molecule has 1 heterocycles. The first-order valence-electron chi connectivity index (χ1n) is 12.9. The summed E-state index contributed by atoms with van der Waals surface area (Å²) < 4.78 is 27.2. The van der Waals surface area contributed by atoms with Gasteiger partial charge < -0.3 is 23.7 Å². The molecule has 1 aliphatic rings. The number of hydrogen-bond donors (Lipinski definition) is 0. The summed E-state index contributed by atoms with van der Waals surface area (Å²) in [6.45, 7) is 8.90. The molecule has 8 nitrogen and oxygen atoms in total. The highest BCUT2D eigenvalue weighted by atomic mass is 16.7. The first-order chi connectivity index (χ1) is 19.4. The molecule has 1 fully saturated rings. The molecule has 40 heavy (non-hydrogen) atoms. The normalized spacial score (nSPS) is 15.1. The average Bonchev–Trinajstić information content (AvgIpc) is 3.31. The second-order valence-electron chi connectivity index (χ2n) is 9.09. The van der Waals surface area contributed by atoms with Crippen molar-refractivity contribution in [3.63, 3.8) is 0 Å². The molecule has 0 aliphatic carbocycles. The number of rotatable bonds is 12. The number of cyclic esters (lactones) is 1. The maximum atomic E-state index is 12.7. The molecular formula is C32H30O8. The van der Waals surface area contributed by atoms with Crippen LogP contribution in [0.5, 0.6) is 17.2 Å². The third-order valence-corrected chi connectivity index (χ3v) is 6.21. The number of esters is 3. The highest BCUT2D eigenvalue weighted by molar-refractivity contribution is 5.91. The second kappa shape index (κ2) is 13.3. The number of benzene rings is 3. The summed E-state index contributed by atoms with van der Waals surface area (Å²) in [4.78, 5) is 35.5. The molecule has 0 aromatic heterocycles. The third-order valence-electron chi connectivity index (χ3n) is 6.21. The van der Waals surface area contributed by atoms with Crippen molar-refractivity contribution in [2.24, 2.45) is 0 Å². The van der Waals surface area contributed by atoms with E-state index in [0.717, 1.165) is 30.0 Å². The van der Waals surface area contributed by atoms with Gasteiger partial charge in [0.15, 0.2) is 0 Å². The molecule has 3 aromatic carbocycles. The maximum absolute atomic E-state index is 12.7. The minimum absolute atomic E-state index is 0.201. The van der Waals surface area contributed by atoms with Crippen LogP contribution in [0.1, 0.15) is 36.5 Å². The fourth-order valence-electron chi connectivity index (χ4n) is 4.09. The Labute approximate surface area is 232 Å². The van der Waals surface area contributed by atoms with Gasteiger partial charge in [-0.2, -0.15) is 0 Å². The van der Waals surface area contributed by atoms with Gasteiger partial charge in [0.2, 0.25) is 6.79 Å². The summed E-state index contributed by atoms with van der Waals surface area (Å²) in [6.07, 6.45) is 2.43. The van der Waals surface area contributed by atoms with Crippen molar-refractivity contribution >= 4 is 17.9 Å². The maximum Gasteiger partial charge on any atom is 0.343 e. The van der Waals surface area contributed by atoms with Gasteiger partial charge in [-0.3, -0.25) is 0 Å². The lowest BCUT2D eigenvalue weighted by Gasteiger charge is -2.23. The second-order valence-corrected chi connectivity index (χ2v) is 9.09. The van der Waals surface area contributed by atoms with Crippen molar-refractivity contribution in [2.45, 2.75) is 38.4 Å². The Hall–Kier alpha value is -4.85.